The van der Waals surface area contributed by atoms with Crippen molar-refractivity contribution in [1.29, 1.82) is 5.26 Å². The van der Waals surface area contributed by atoms with Gasteiger partial charge in [0.1, 0.15) is 6.07 Å². The first-order valence-corrected chi connectivity index (χ1v) is 9.95. The highest BCUT2D eigenvalue weighted by atomic mass is 127. The van der Waals surface area contributed by atoms with Crippen LogP contribution in [-0.4, -0.2) is 51.1 Å². The summed E-state index contributed by atoms with van der Waals surface area (Å²) >= 11 is 2.02. The molecule has 3 saturated heterocycles. The molecule has 8 nitrogen and oxygen atoms in total. The minimum absolute atomic E-state index is 0.169. The van der Waals surface area contributed by atoms with Crippen molar-refractivity contribution in [3.63, 3.8) is 0 Å². The van der Waals surface area contributed by atoms with E-state index in [1.807, 2.05) is 43.4 Å². The molecule has 28 heavy (non-hydrogen) atoms. The average Bonchev–Trinajstić information content (AvgIpc) is 3.22. The van der Waals surface area contributed by atoms with E-state index in [2.05, 4.69) is 11.4 Å². The Bertz CT molecular complexity index is 981. The molecule has 0 radical (unpaired) electrons. The van der Waals surface area contributed by atoms with Crippen LogP contribution in [0.5, 0.6) is 0 Å². The Labute approximate surface area is 175 Å². The third kappa shape index (κ3) is 1.91. The molecule has 3 heterocycles. The van der Waals surface area contributed by atoms with Crippen LogP contribution in [0, 0.1) is 20.3 Å². The molecule has 3 aliphatic rings. The molecule has 1 aromatic rings. The molecule has 4 rings (SSSR count). The predicted molar refractivity (Wildman–Crippen MR) is 106 cm³/mol. The first-order chi connectivity index (χ1) is 13.0. The van der Waals surface area contributed by atoms with E-state index in [4.69, 9.17) is 0 Å². The number of hydrogen-bond donors (Lipinski definition) is 2. The lowest BCUT2D eigenvalue weighted by Crippen LogP contribution is -2.73. The largest absolute Gasteiger partial charge is 0.465 e. The van der Waals surface area contributed by atoms with Crippen LogP contribution in [0.1, 0.15) is 38.3 Å². The molecule has 3 unspecified atom stereocenters. The zero-order valence-electron chi connectivity index (χ0n) is 15.6. The number of hydrogen-bond acceptors (Lipinski definition) is 4. The van der Waals surface area contributed by atoms with Crippen LogP contribution in [-0.2, 0) is 10.3 Å². The number of amides is 4. The molecule has 2 bridgehead atoms. The van der Waals surface area contributed by atoms with Crippen LogP contribution in [0.2, 0.25) is 0 Å². The fraction of sp³-hybridized carbons (Fsp3) is 0.474. The number of fused-ring (bicyclic) bond motifs is 5. The minimum Gasteiger partial charge on any atom is -0.465 e. The molecule has 0 saturated carbocycles. The van der Waals surface area contributed by atoms with Crippen molar-refractivity contribution in [3.05, 3.63) is 32.9 Å². The van der Waals surface area contributed by atoms with Crippen molar-refractivity contribution in [2.45, 2.75) is 44.3 Å². The molecule has 0 aliphatic carbocycles. The highest BCUT2D eigenvalue weighted by Gasteiger charge is 2.81. The van der Waals surface area contributed by atoms with Gasteiger partial charge < -0.3 is 5.11 Å². The fourth-order valence-electron chi connectivity index (χ4n) is 5.57. The summed E-state index contributed by atoms with van der Waals surface area (Å²) in [5.41, 5.74) is -2.26. The van der Waals surface area contributed by atoms with E-state index in [1.54, 1.807) is 18.2 Å². The molecule has 2 N–H and O–H groups in total. The molecule has 9 heteroatoms. The summed E-state index contributed by atoms with van der Waals surface area (Å²) in [7, 11) is 0. The smallest absolute Gasteiger partial charge is 0.407 e. The summed E-state index contributed by atoms with van der Waals surface area (Å²) in [5, 5.41) is 21.7. The molecule has 146 valence electrons. The summed E-state index contributed by atoms with van der Waals surface area (Å²) in [6, 6.07) is 6.22. The van der Waals surface area contributed by atoms with Gasteiger partial charge in [0.15, 0.2) is 5.54 Å². The van der Waals surface area contributed by atoms with Crippen LogP contribution >= 0.6 is 22.6 Å². The van der Waals surface area contributed by atoms with Gasteiger partial charge in [0, 0.05) is 10.1 Å². The average molecular weight is 494 g/mol. The van der Waals surface area contributed by atoms with Crippen LogP contribution in [0.25, 0.3) is 0 Å². The Kier molecular flexibility index (Phi) is 3.79. The maximum absolute atomic E-state index is 13.4. The van der Waals surface area contributed by atoms with Gasteiger partial charge in [-0.3, -0.25) is 19.9 Å². The maximum atomic E-state index is 13.4. The number of piperazine rings is 1. The Hall–Kier alpha value is -2.35. The Morgan fingerprint density at radius 3 is 2.61 bits per heavy atom. The van der Waals surface area contributed by atoms with Crippen molar-refractivity contribution in [2.75, 3.05) is 6.54 Å². The van der Waals surface area contributed by atoms with Crippen molar-refractivity contribution in [1.82, 2.24) is 15.1 Å². The van der Waals surface area contributed by atoms with Crippen molar-refractivity contribution < 1.29 is 19.5 Å². The molecular weight excluding hydrogens is 475 g/mol. The van der Waals surface area contributed by atoms with Gasteiger partial charge in [-0.15, -0.1) is 0 Å². The molecular formula is C19H19IN4O4. The monoisotopic (exact) mass is 494 g/mol. The van der Waals surface area contributed by atoms with E-state index < -0.39 is 40.6 Å². The predicted octanol–water partition coefficient (Wildman–Crippen LogP) is 2.46. The third-order valence-electron chi connectivity index (χ3n) is 6.46. The summed E-state index contributed by atoms with van der Waals surface area (Å²) in [5.74, 6) is -0.513. The van der Waals surface area contributed by atoms with Crippen molar-refractivity contribution >= 4 is 40.6 Å². The molecule has 1 aromatic carbocycles. The fourth-order valence-corrected chi connectivity index (χ4v) is 6.21. The Balaban J connectivity index is 2.09. The number of benzene rings is 1. The number of nitrogens with one attached hydrogen (secondary N) is 1. The first-order valence-electron chi connectivity index (χ1n) is 8.88. The topological polar surface area (TPSA) is 114 Å². The maximum Gasteiger partial charge on any atom is 0.407 e. The van der Waals surface area contributed by atoms with Crippen LogP contribution in [0.4, 0.5) is 9.59 Å². The van der Waals surface area contributed by atoms with Gasteiger partial charge in [-0.25, -0.2) is 9.59 Å². The molecule has 3 aliphatic heterocycles. The number of nitrogens with zero attached hydrogens (tertiary/aromatic N) is 3. The number of halogens is 1. The Morgan fingerprint density at radius 1 is 1.39 bits per heavy atom. The SMILES string of the molecule is CC(C)(C)C12CC(CN1C(=O)O)N1C(=O)NC(=O)C12c1ccc(C#N)c(I)c1. The molecule has 0 aromatic heterocycles. The first kappa shape index (κ1) is 19.0. The number of carbonyl (C=O) groups is 3. The van der Waals surface area contributed by atoms with Crippen LogP contribution < -0.4 is 5.32 Å². The highest BCUT2D eigenvalue weighted by Crippen LogP contribution is 2.64. The van der Waals surface area contributed by atoms with Crippen molar-refractivity contribution in [3.8, 4) is 6.07 Å². The van der Waals surface area contributed by atoms with E-state index in [0.717, 1.165) is 0 Å². The molecule has 4 amide bonds. The van der Waals surface area contributed by atoms with Crippen molar-refractivity contribution in [2.24, 2.45) is 5.41 Å². The van der Waals surface area contributed by atoms with E-state index >= 15 is 0 Å². The number of rotatable bonds is 1. The second kappa shape index (κ2) is 5.59. The lowest BCUT2D eigenvalue weighted by Gasteiger charge is -2.57. The van der Waals surface area contributed by atoms with Gasteiger partial charge in [0.2, 0.25) is 0 Å². The second-order valence-electron chi connectivity index (χ2n) is 8.51. The van der Waals surface area contributed by atoms with Gasteiger partial charge in [-0.1, -0.05) is 26.8 Å². The number of nitriles is 1. The lowest BCUT2D eigenvalue weighted by molar-refractivity contribution is -0.142. The summed E-state index contributed by atoms with van der Waals surface area (Å²) in [6.07, 6.45) is -0.717. The Morgan fingerprint density at radius 2 is 2.07 bits per heavy atom. The minimum atomic E-state index is -1.47. The van der Waals surface area contributed by atoms with E-state index in [1.165, 1.54) is 9.80 Å². The van der Waals surface area contributed by atoms with E-state index in [9.17, 15) is 24.8 Å². The van der Waals surface area contributed by atoms with Crippen LogP contribution in [0.15, 0.2) is 18.2 Å². The zero-order chi connectivity index (χ0) is 20.6. The number of imide groups is 1. The van der Waals surface area contributed by atoms with E-state index in [-0.39, 0.29) is 6.54 Å². The quantitative estimate of drug-likeness (QED) is 0.460. The standard InChI is InChI=1S/C19H19IN4O4/c1-17(2,3)18-7-12(9-23(18)16(27)28)24-15(26)22-14(25)19(18,24)11-5-4-10(8-21)13(20)6-11/h4-6,12H,7,9H2,1-3H3,(H,27,28)(H,22,25,26). The van der Waals surface area contributed by atoms with E-state index in [0.29, 0.717) is 21.1 Å². The number of urea groups is 1. The van der Waals surface area contributed by atoms with Gasteiger partial charge in [-0.2, -0.15) is 5.26 Å². The number of carbonyl (C=O) groups excluding carboxylic acids is 2. The van der Waals surface area contributed by atoms with Gasteiger partial charge in [-0.05, 0) is 52.1 Å². The second-order valence-corrected chi connectivity index (χ2v) is 9.67. The van der Waals surface area contributed by atoms with Crippen LogP contribution in [0.3, 0.4) is 0 Å². The third-order valence-corrected chi connectivity index (χ3v) is 7.35. The highest BCUT2D eigenvalue weighted by molar-refractivity contribution is 14.1. The van der Waals surface area contributed by atoms with Gasteiger partial charge >= 0.3 is 12.1 Å². The van der Waals surface area contributed by atoms with Gasteiger partial charge in [0.05, 0.1) is 17.1 Å². The lowest BCUT2D eigenvalue weighted by atomic mass is 9.59. The molecule has 3 fully saturated rings. The summed E-state index contributed by atoms with van der Waals surface area (Å²) in [6.45, 7) is 5.88. The zero-order valence-corrected chi connectivity index (χ0v) is 17.8. The van der Waals surface area contributed by atoms with Gasteiger partial charge in [0.25, 0.3) is 5.91 Å². The normalized spacial score (nSPS) is 31.0. The number of likely N-dealkylation sites (tertiary alicyclic amines) is 1. The molecule has 3 atom stereocenters. The summed E-state index contributed by atoms with van der Waals surface area (Å²) in [4.78, 5) is 41.3. The molecule has 0 spiro atoms. The summed E-state index contributed by atoms with van der Waals surface area (Å²) < 4.78 is 0.646. The number of carboxylic acid groups (broad SMARTS) is 1.